The molecule has 0 saturated carbocycles. The zero-order chi connectivity index (χ0) is 14.1. The number of benzene rings is 2. The largest absolute Gasteiger partial charge is 0.396 e. The van der Waals surface area contributed by atoms with Crippen LogP contribution in [0.4, 0.5) is 17.1 Å². The number of hydrogen-bond donors (Lipinski definition) is 2. The van der Waals surface area contributed by atoms with Gasteiger partial charge in [0, 0.05) is 11.6 Å². The second-order valence-electron chi connectivity index (χ2n) is 4.32. The van der Waals surface area contributed by atoms with Crippen LogP contribution in [0.25, 0.3) is 10.9 Å². The summed E-state index contributed by atoms with van der Waals surface area (Å²) in [4.78, 5) is 4.37. The number of hydrogen-bond acceptors (Lipinski definition) is 3. The standard InChI is InChI=1S/C15H11Cl2N3/c16-10-6-7-13(15-9(10)3-2-8-19-15)20-12-5-1-4-11(17)14(12)18/h1-8,20H,18H2. The van der Waals surface area contributed by atoms with E-state index in [0.717, 1.165) is 22.3 Å². The molecule has 0 bridgehead atoms. The molecule has 3 N–H and O–H groups in total. The number of halogens is 2. The van der Waals surface area contributed by atoms with Crippen LogP contribution in [0, 0.1) is 0 Å². The highest BCUT2D eigenvalue weighted by Gasteiger charge is 2.08. The van der Waals surface area contributed by atoms with Gasteiger partial charge in [-0.05, 0) is 36.4 Å². The van der Waals surface area contributed by atoms with Crippen molar-refractivity contribution in [3.8, 4) is 0 Å². The molecule has 100 valence electrons. The molecule has 0 amide bonds. The Morgan fingerprint density at radius 3 is 2.60 bits per heavy atom. The number of nitrogen functional groups attached to an aromatic ring is 1. The first-order valence-corrected chi connectivity index (χ1v) is 6.76. The minimum atomic E-state index is 0.508. The molecule has 0 spiro atoms. The number of para-hydroxylation sites is 1. The van der Waals surface area contributed by atoms with E-state index < -0.39 is 0 Å². The quantitative estimate of drug-likeness (QED) is 0.664. The summed E-state index contributed by atoms with van der Waals surface area (Å²) in [5.41, 5.74) is 8.84. The number of rotatable bonds is 2. The van der Waals surface area contributed by atoms with Gasteiger partial charge in [-0.2, -0.15) is 0 Å². The molecule has 2 aromatic carbocycles. The average molecular weight is 304 g/mol. The number of nitrogens with zero attached hydrogens (tertiary/aromatic N) is 1. The summed E-state index contributed by atoms with van der Waals surface area (Å²) in [7, 11) is 0. The molecule has 0 saturated heterocycles. The zero-order valence-electron chi connectivity index (χ0n) is 10.4. The van der Waals surface area contributed by atoms with Crippen molar-refractivity contribution in [1.82, 2.24) is 4.98 Å². The molecule has 1 aromatic heterocycles. The van der Waals surface area contributed by atoms with Crippen molar-refractivity contribution >= 4 is 51.2 Å². The Morgan fingerprint density at radius 2 is 1.75 bits per heavy atom. The van der Waals surface area contributed by atoms with Gasteiger partial charge < -0.3 is 11.1 Å². The highest BCUT2D eigenvalue weighted by molar-refractivity contribution is 6.36. The minimum Gasteiger partial charge on any atom is -0.396 e. The van der Waals surface area contributed by atoms with E-state index in [1.807, 2.05) is 36.4 Å². The molecule has 20 heavy (non-hydrogen) atoms. The van der Waals surface area contributed by atoms with Crippen LogP contribution in [0.15, 0.2) is 48.7 Å². The molecular formula is C15H11Cl2N3. The first kappa shape index (κ1) is 13.0. The molecule has 0 aliphatic heterocycles. The maximum atomic E-state index is 6.17. The van der Waals surface area contributed by atoms with Crippen molar-refractivity contribution < 1.29 is 0 Å². The summed E-state index contributed by atoms with van der Waals surface area (Å²) >= 11 is 12.2. The molecule has 5 heteroatoms. The van der Waals surface area contributed by atoms with Gasteiger partial charge in [0.2, 0.25) is 0 Å². The van der Waals surface area contributed by atoms with Gasteiger partial charge in [-0.15, -0.1) is 0 Å². The lowest BCUT2D eigenvalue weighted by atomic mass is 10.1. The van der Waals surface area contributed by atoms with Crippen LogP contribution in [-0.4, -0.2) is 4.98 Å². The summed E-state index contributed by atoms with van der Waals surface area (Å²) in [6, 6.07) is 12.9. The van der Waals surface area contributed by atoms with E-state index >= 15 is 0 Å². The second kappa shape index (κ2) is 5.19. The number of aromatic nitrogens is 1. The van der Waals surface area contributed by atoms with Crippen LogP contribution < -0.4 is 11.1 Å². The SMILES string of the molecule is Nc1c(Cl)cccc1Nc1ccc(Cl)c2cccnc12. The van der Waals surface area contributed by atoms with Crippen molar-refractivity contribution in [1.29, 1.82) is 0 Å². The van der Waals surface area contributed by atoms with Gasteiger partial charge in [0.05, 0.1) is 32.6 Å². The lowest BCUT2D eigenvalue weighted by Crippen LogP contribution is -1.98. The van der Waals surface area contributed by atoms with Crippen LogP contribution in [0.5, 0.6) is 0 Å². The summed E-state index contributed by atoms with van der Waals surface area (Å²) in [6.07, 6.45) is 1.73. The van der Waals surface area contributed by atoms with Crippen LogP contribution in [0.1, 0.15) is 0 Å². The van der Waals surface area contributed by atoms with E-state index in [0.29, 0.717) is 15.7 Å². The number of nitrogens with two attached hydrogens (primary N) is 1. The van der Waals surface area contributed by atoms with Crippen molar-refractivity contribution in [2.75, 3.05) is 11.1 Å². The number of nitrogens with one attached hydrogen (secondary N) is 1. The van der Waals surface area contributed by atoms with E-state index in [4.69, 9.17) is 28.9 Å². The summed E-state index contributed by atoms with van der Waals surface area (Å²) in [6.45, 7) is 0. The highest BCUT2D eigenvalue weighted by atomic mass is 35.5. The van der Waals surface area contributed by atoms with Gasteiger partial charge in [-0.25, -0.2) is 0 Å². The predicted octanol–water partition coefficient (Wildman–Crippen LogP) is 4.87. The minimum absolute atomic E-state index is 0.508. The Bertz CT molecular complexity index is 787. The molecule has 3 rings (SSSR count). The van der Waals surface area contributed by atoms with Crippen molar-refractivity contribution in [3.05, 3.63) is 58.7 Å². The molecule has 0 atom stereocenters. The van der Waals surface area contributed by atoms with E-state index in [1.54, 1.807) is 12.3 Å². The summed E-state index contributed by atoms with van der Waals surface area (Å²) in [5, 5.41) is 5.32. The van der Waals surface area contributed by atoms with E-state index in [1.165, 1.54) is 0 Å². The Hall–Kier alpha value is -1.97. The fraction of sp³-hybridized carbons (Fsp3) is 0. The number of pyridine rings is 1. The summed E-state index contributed by atoms with van der Waals surface area (Å²) in [5.74, 6) is 0. The van der Waals surface area contributed by atoms with Crippen molar-refractivity contribution in [2.45, 2.75) is 0 Å². The third-order valence-electron chi connectivity index (χ3n) is 3.04. The van der Waals surface area contributed by atoms with Crippen LogP contribution in [-0.2, 0) is 0 Å². The van der Waals surface area contributed by atoms with Crippen LogP contribution in [0.2, 0.25) is 10.0 Å². The zero-order valence-corrected chi connectivity index (χ0v) is 11.9. The third kappa shape index (κ3) is 2.26. The van der Waals surface area contributed by atoms with Crippen LogP contribution >= 0.6 is 23.2 Å². The Balaban J connectivity index is 2.12. The van der Waals surface area contributed by atoms with Gasteiger partial charge >= 0.3 is 0 Å². The third-order valence-corrected chi connectivity index (χ3v) is 3.70. The molecule has 0 aliphatic rings. The number of anilines is 3. The summed E-state index contributed by atoms with van der Waals surface area (Å²) < 4.78 is 0. The maximum Gasteiger partial charge on any atom is 0.0951 e. The van der Waals surface area contributed by atoms with E-state index in [9.17, 15) is 0 Å². The first-order chi connectivity index (χ1) is 9.66. The molecular weight excluding hydrogens is 293 g/mol. The molecule has 0 aliphatic carbocycles. The van der Waals surface area contributed by atoms with Gasteiger partial charge in [0.15, 0.2) is 0 Å². The maximum absolute atomic E-state index is 6.17. The van der Waals surface area contributed by atoms with Gasteiger partial charge in [0.1, 0.15) is 0 Å². The molecule has 0 radical (unpaired) electrons. The highest BCUT2D eigenvalue weighted by Crippen LogP contribution is 2.33. The second-order valence-corrected chi connectivity index (χ2v) is 5.13. The molecule has 3 nitrogen and oxygen atoms in total. The number of fused-ring (bicyclic) bond motifs is 1. The molecule has 0 unspecified atom stereocenters. The lowest BCUT2D eigenvalue weighted by Gasteiger charge is -2.12. The Morgan fingerprint density at radius 1 is 0.900 bits per heavy atom. The smallest absolute Gasteiger partial charge is 0.0951 e. The molecule has 3 aromatic rings. The Kier molecular flexibility index (Phi) is 3.38. The monoisotopic (exact) mass is 303 g/mol. The van der Waals surface area contributed by atoms with Crippen molar-refractivity contribution in [2.24, 2.45) is 0 Å². The first-order valence-electron chi connectivity index (χ1n) is 6.01. The van der Waals surface area contributed by atoms with Crippen molar-refractivity contribution in [3.63, 3.8) is 0 Å². The van der Waals surface area contributed by atoms with E-state index in [-0.39, 0.29) is 0 Å². The predicted molar refractivity (Wildman–Crippen MR) is 85.9 cm³/mol. The average Bonchev–Trinajstić information content (AvgIpc) is 2.47. The van der Waals surface area contributed by atoms with E-state index in [2.05, 4.69) is 10.3 Å². The topological polar surface area (TPSA) is 50.9 Å². The lowest BCUT2D eigenvalue weighted by molar-refractivity contribution is 1.40. The van der Waals surface area contributed by atoms with Gasteiger partial charge in [0.25, 0.3) is 0 Å². The molecule has 0 fully saturated rings. The fourth-order valence-corrected chi connectivity index (χ4v) is 2.42. The van der Waals surface area contributed by atoms with Gasteiger partial charge in [-0.1, -0.05) is 29.3 Å². The Labute approximate surface area is 126 Å². The van der Waals surface area contributed by atoms with Crippen LogP contribution in [0.3, 0.4) is 0 Å². The normalized spacial score (nSPS) is 10.7. The fourth-order valence-electron chi connectivity index (χ4n) is 2.03. The molecule has 1 heterocycles. The van der Waals surface area contributed by atoms with Gasteiger partial charge in [-0.3, -0.25) is 4.98 Å².